The van der Waals surface area contributed by atoms with E-state index in [1.807, 2.05) is 88.5 Å². The second-order valence-corrected chi connectivity index (χ2v) is 15.2. The second-order valence-electron chi connectivity index (χ2n) is 13.6. The van der Waals surface area contributed by atoms with Crippen LogP contribution in [0, 0.1) is 5.92 Å². The van der Waals surface area contributed by atoms with Gasteiger partial charge < -0.3 is 35.1 Å². The number of para-hydroxylation sites is 1. The molecule has 0 saturated heterocycles. The van der Waals surface area contributed by atoms with Crippen molar-refractivity contribution in [1.82, 2.24) is 20.6 Å². The Morgan fingerprint density at radius 1 is 0.911 bits per heavy atom. The molecule has 4 amide bonds. The maximum atomic E-state index is 12.5. The largest absolute Gasteiger partial charge is 0.460 e. The van der Waals surface area contributed by atoms with E-state index in [1.165, 1.54) is 17.1 Å². The molecule has 0 aliphatic carbocycles. The number of nitrogens with one attached hydrogen (secondary N) is 4. The zero-order valence-corrected chi connectivity index (χ0v) is 34.2. The van der Waals surface area contributed by atoms with Gasteiger partial charge in [0.1, 0.15) is 30.7 Å². The van der Waals surface area contributed by atoms with E-state index in [4.69, 9.17) is 14.4 Å². The summed E-state index contributed by atoms with van der Waals surface area (Å²) in [5, 5.41) is 20.7. The van der Waals surface area contributed by atoms with Crippen molar-refractivity contribution in [3.63, 3.8) is 0 Å². The third-order valence-corrected chi connectivity index (χ3v) is 10.1. The van der Waals surface area contributed by atoms with Crippen molar-refractivity contribution < 1.29 is 43.1 Å². The van der Waals surface area contributed by atoms with Crippen LogP contribution in [0.4, 0.5) is 5.69 Å². The minimum absolute atomic E-state index is 0.0446. The molecular formula is C41H58N5O9P. The van der Waals surface area contributed by atoms with E-state index in [-0.39, 0.29) is 55.2 Å². The van der Waals surface area contributed by atoms with Crippen molar-refractivity contribution in [2.24, 2.45) is 5.92 Å². The summed E-state index contributed by atoms with van der Waals surface area (Å²) >= 11 is 0. The minimum atomic E-state index is -1.10. The van der Waals surface area contributed by atoms with Crippen LogP contribution in [-0.2, 0) is 40.1 Å². The third-order valence-electron chi connectivity index (χ3n) is 8.37. The molecule has 0 radical (unpaired) electrons. The Balaban J connectivity index is 0.000000391. The quantitative estimate of drug-likeness (QED) is 0.0260. The van der Waals surface area contributed by atoms with Crippen LogP contribution in [0.5, 0.6) is 5.75 Å². The molecule has 1 aliphatic rings. The number of unbranched alkanes of at least 4 members (excludes halogenated alkanes) is 2. The lowest BCUT2D eigenvalue weighted by molar-refractivity contribution is -0.146. The fraction of sp³-hybridized carbons (Fsp3) is 0.463. The van der Waals surface area contributed by atoms with Crippen LogP contribution in [0.1, 0.15) is 72.3 Å². The lowest BCUT2D eigenvalue weighted by atomic mass is 10.0. The molecule has 56 heavy (non-hydrogen) atoms. The molecule has 5 N–H and O–H groups in total. The number of hydrogen-bond donors (Lipinski definition) is 5. The molecule has 14 nitrogen and oxygen atoms in total. The van der Waals surface area contributed by atoms with Gasteiger partial charge in [-0.25, -0.2) is 0 Å². The molecule has 4 unspecified atom stereocenters. The fourth-order valence-electron chi connectivity index (χ4n) is 5.07. The Kier molecular flexibility index (Phi) is 22.0. The summed E-state index contributed by atoms with van der Waals surface area (Å²) in [6.45, 7) is 9.47. The number of carbonyl (C=O) groups is 6. The highest BCUT2D eigenvalue weighted by atomic mass is 31.2. The Morgan fingerprint density at radius 3 is 2.16 bits per heavy atom. The van der Waals surface area contributed by atoms with Crippen molar-refractivity contribution in [3.8, 4) is 5.75 Å². The van der Waals surface area contributed by atoms with Crippen LogP contribution in [-0.4, -0.2) is 90.4 Å². The first-order chi connectivity index (χ1) is 26.8. The molecule has 0 spiro atoms. The Hall–Kier alpha value is -4.91. The van der Waals surface area contributed by atoms with Crippen molar-refractivity contribution in [3.05, 3.63) is 84.0 Å². The van der Waals surface area contributed by atoms with E-state index >= 15 is 0 Å². The summed E-state index contributed by atoms with van der Waals surface area (Å²) in [5.74, 6) is -0.911. The van der Waals surface area contributed by atoms with E-state index in [0.29, 0.717) is 38.3 Å². The molecular weight excluding hydrogens is 737 g/mol. The maximum absolute atomic E-state index is 12.5. The van der Waals surface area contributed by atoms with Gasteiger partial charge in [0.2, 0.25) is 11.8 Å². The predicted octanol–water partition coefficient (Wildman–Crippen LogP) is 4.79. The molecule has 1 aliphatic heterocycles. The maximum Gasteiger partial charge on any atom is 0.323 e. The number of carbonyl (C=O) groups excluding carboxylic acids is 6. The van der Waals surface area contributed by atoms with Crippen LogP contribution in [0.2, 0.25) is 0 Å². The van der Waals surface area contributed by atoms with Crippen molar-refractivity contribution in [2.75, 3.05) is 31.7 Å². The van der Waals surface area contributed by atoms with Crippen LogP contribution in [0.25, 0.3) is 0 Å². The number of aliphatic hydroxyl groups is 1. The summed E-state index contributed by atoms with van der Waals surface area (Å²) in [5.41, 5.74) is 2.86. The number of aliphatic hydroxyl groups excluding tert-OH is 1. The highest BCUT2D eigenvalue weighted by molar-refractivity contribution is 7.50. The van der Waals surface area contributed by atoms with Gasteiger partial charge in [-0.1, -0.05) is 62.2 Å². The number of rotatable bonds is 23. The smallest absolute Gasteiger partial charge is 0.323 e. The number of imide groups is 1. The fourth-order valence-corrected chi connectivity index (χ4v) is 6.62. The third kappa shape index (κ3) is 18.1. The molecule has 0 bridgehead atoms. The van der Waals surface area contributed by atoms with Crippen molar-refractivity contribution in [2.45, 2.75) is 91.5 Å². The van der Waals surface area contributed by atoms with Gasteiger partial charge in [-0.05, 0) is 75.8 Å². The Morgan fingerprint density at radius 2 is 1.57 bits per heavy atom. The lowest BCUT2D eigenvalue weighted by Crippen LogP contribution is -2.51. The normalized spacial score (nSPS) is 14.6. The van der Waals surface area contributed by atoms with E-state index in [2.05, 4.69) is 21.0 Å². The van der Waals surface area contributed by atoms with E-state index in [1.54, 1.807) is 13.8 Å². The summed E-state index contributed by atoms with van der Waals surface area (Å²) in [6.07, 6.45) is 8.72. The molecule has 15 heteroatoms. The van der Waals surface area contributed by atoms with Gasteiger partial charge in [-0.15, -0.1) is 0 Å². The van der Waals surface area contributed by atoms with Crippen LogP contribution in [0.3, 0.4) is 0 Å². The predicted molar refractivity (Wildman–Crippen MR) is 217 cm³/mol. The molecule has 0 aromatic heterocycles. The number of anilines is 1. The lowest BCUT2D eigenvalue weighted by Gasteiger charge is -2.22. The average Bonchev–Trinajstić information content (AvgIpc) is 3.51. The zero-order valence-electron chi connectivity index (χ0n) is 33.3. The number of nitrogens with zero attached hydrogens (tertiary/aromatic N) is 1. The Bertz CT molecular complexity index is 1600. The highest BCUT2D eigenvalue weighted by Gasteiger charge is 2.26. The number of ether oxygens (including phenoxy) is 1. The number of benzene rings is 2. The standard InChI is InChI=1S/C23H31N2O4P.C18H27N3O5/c1-18(16-26)8-7-15-30(29-22-9-5-4-6-10-22)25-19(2)23(27)28-17-20-11-13-21(24-3)14-12-20;1-12(2)17(18(26)19-13(3)11-22)20-14(23)7-5-4-6-10-21-15(24)8-9-16(21)25/h4-6,8-14,19,24-26H,7,15-17H2,1-3H3;8-9,11-13,17H,4-7,10H2,1-3H3,(H,19,26)(H,20,23)/b18-8+;. The molecule has 3 rings (SSSR count). The molecule has 306 valence electrons. The number of amides is 4. The second kappa shape index (κ2) is 26.0. The molecule has 4 atom stereocenters. The minimum Gasteiger partial charge on any atom is -0.460 e. The van der Waals surface area contributed by atoms with Crippen LogP contribution >= 0.6 is 8.30 Å². The van der Waals surface area contributed by atoms with Crippen LogP contribution < -0.4 is 25.6 Å². The van der Waals surface area contributed by atoms with Gasteiger partial charge in [0.25, 0.3) is 11.8 Å². The molecule has 2 aromatic carbocycles. The van der Waals surface area contributed by atoms with Crippen LogP contribution in [0.15, 0.2) is 78.4 Å². The topological polar surface area (TPSA) is 192 Å². The molecule has 2 aromatic rings. The van der Waals surface area contributed by atoms with E-state index in [0.717, 1.165) is 29.0 Å². The van der Waals surface area contributed by atoms with Gasteiger partial charge >= 0.3 is 5.97 Å². The van der Waals surface area contributed by atoms with E-state index in [9.17, 15) is 28.8 Å². The first kappa shape index (κ1) is 47.2. The molecule has 0 saturated carbocycles. The average molecular weight is 796 g/mol. The molecule has 1 heterocycles. The highest BCUT2D eigenvalue weighted by Crippen LogP contribution is 2.35. The summed E-state index contributed by atoms with van der Waals surface area (Å²) < 4.78 is 11.5. The van der Waals surface area contributed by atoms with Crippen molar-refractivity contribution >= 4 is 49.9 Å². The Labute approximate surface area is 331 Å². The van der Waals surface area contributed by atoms with Gasteiger partial charge in [0, 0.05) is 44.0 Å². The summed E-state index contributed by atoms with van der Waals surface area (Å²) in [6, 6.07) is 15.5. The van der Waals surface area contributed by atoms with Gasteiger partial charge in [-0.3, -0.25) is 34.0 Å². The molecule has 0 fully saturated rings. The monoisotopic (exact) mass is 795 g/mol. The number of aldehydes is 1. The SMILES string of the molecule is CC(C=O)NC(=O)C(NC(=O)CCCCCN1C(=O)C=CC1=O)C(C)C.CNc1ccc(COC(=O)C(C)NP(CC/C=C(\C)CO)Oc2ccccc2)cc1. The van der Waals surface area contributed by atoms with Gasteiger partial charge in [0.15, 0.2) is 8.30 Å². The van der Waals surface area contributed by atoms with Gasteiger partial charge in [-0.2, -0.15) is 0 Å². The first-order valence-electron chi connectivity index (χ1n) is 18.8. The number of allylic oxidation sites excluding steroid dienone is 1. The van der Waals surface area contributed by atoms with E-state index < -0.39 is 26.4 Å². The van der Waals surface area contributed by atoms with Gasteiger partial charge in [0.05, 0.1) is 12.6 Å². The number of hydrogen-bond acceptors (Lipinski definition) is 11. The number of esters is 1. The summed E-state index contributed by atoms with van der Waals surface area (Å²) in [7, 11) is 0.759. The zero-order chi connectivity index (χ0) is 41.5. The summed E-state index contributed by atoms with van der Waals surface area (Å²) in [4.78, 5) is 71.2. The van der Waals surface area contributed by atoms with Crippen molar-refractivity contribution in [1.29, 1.82) is 0 Å². The first-order valence-corrected chi connectivity index (χ1v) is 20.3.